The van der Waals surface area contributed by atoms with E-state index >= 15 is 0 Å². The fourth-order valence-electron chi connectivity index (χ4n) is 2.74. The minimum atomic E-state index is 0.595. The number of benzene rings is 3. The van der Waals surface area contributed by atoms with E-state index in [1.807, 2.05) is 66.7 Å². The Morgan fingerprint density at radius 3 is 2.22 bits per heavy atom. The van der Waals surface area contributed by atoms with Crippen molar-refractivity contribution in [3.05, 3.63) is 76.8 Å². The van der Waals surface area contributed by atoms with Crippen LogP contribution >= 0.6 is 23.2 Å². The van der Waals surface area contributed by atoms with Crippen molar-refractivity contribution in [1.82, 2.24) is 9.97 Å². The lowest BCUT2D eigenvalue weighted by atomic mass is 10.1. The molecule has 0 spiro atoms. The van der Waals surface area contributed by atoms with Gasteiger partial charge in [0.15, 0.2) is 5.82 Å². The van der Waals surface area contributed by atoms with E-state index in [0.717, 1.165) is 27.9 Å². The fourth-order valence-corrected chi connectivity index (χ4v) is 3.03. The van der Waals surface area contributed by atoms with Crippen LogP contribution in [-0.4, -0.2) is 17.1 Å². The zero-order chi connectivity index (χ0) is 18.8. The highest BCUT2D eigenvalue weighted by atomic mass is 35.5. The molecule has 3 aromatic carbocycles. The quantitative estimate of drug-likeness (QED) is 0.436. The first-order chi connectivity index (χ1) is 13.1. The number of nitrogens with zero attached hydrogens (tertiary/aromatic N) is 2. The monoisotopic (exact) mass is 395 g/mol. The highest BCUT2D eigenvalue weighted by Crippen LogP contribution is 2.30. The molecule has 0 saturated carbocycles. The smallest absolute Gasteiger partial charge is 0.162 e. The summed E-state index contributed by atoms with van der Waals surface area (Å²) in [5, 5.41) is 5.54. The summed E-state index contributed by atoms with van der Waals surface area (Å²) in [4.78, 5) is 9.40. The Morgan fingerprint density at radius 1 is 0.815 bits per heavy atom. The van der Waals surface area contributed by atoms with Crippen LogP contribution in [0.25, 0.3) is 22.3 Å². The first kappa shape index (κ1) is 17.6. The van der Waals surface area contributed by atoms with Crippen molar-refractivity contribution >= 4 is 45.6 Å². The summed E-state index contributed by atoms with van der Waals surface area (Å²) in [5.41, 5.74) is 2.53. The SMILES string of the molecule is COc1ccc(Nc2nc(-c3ccc(Cl)cc3)nc3cc(Cl)ccc23)cc1. The van der Waals surface area contributed by atoms with Gasteiger partial charge >= 0.3 is 0 Å². The Hall–Kier alpha value is -2.82. The van der Waals surface area contributed by atoms with Crippen LogP contribution in [0.2, 0.25) is 10.0 Å². The topological polar surface area (TPSA) is 47.0 Å². The van der Waals surface area contributed by atoms with Crippen LogP contribution in [0.4, 0.5) is 11.5 Å². The van der Waals surface area contributed by atoms with Gasteiger partial charge in [-0.1, -0.05) is 23.2 Å². The number of fused-ring (bicyclic) bond motifs is 1. The van der Waals surface area contributed by atoms with E-state index in [4.69, 9.17) is 32.9 Å². The zero-order valence-corrected chi connectivity index (χ0v) is 15.9. The number of methoxy groups -OCH3 is 1. The molecule has 0 saturated heterocycles. The molecule has 0 fully saturated rings. The third-order valence-electron chi connectivity index (χ3n) is 4.11. The number of hydrogen-bond donors (Lipinski definition) is 1. The summed E-state index contributed by atoms with van der Waals surface area (Å²) in [6, 6.07) is 20.6. The van der Waals surface area contributed by atoms with E-state index in [1.54, 1.807) is 7.11 Å². The lowest BCUT2D eigenvalue weighted by molar-refractivity contribution is 0.415. The second kappa shape index (κ2) is 7.43. The molecule has 0 radical (unpaired) electrons. The van der Waals surface area contributed by atoms with E-state index in [9.17, 15) is 0 Å². The van der Waals surface area contributed by atoms with Crippen LogP contribution in [0.5, 0.6) is 5.75 Å². The second-order valence-electron chi connectivity index (χ2n) is 5.92. The van der Waals surface area contributed by atoms with Crippen LogP contribution in [0.15, 0.2) is 66.7 Å². The molecule has 0 bridgehead atoms. The summed E-state index contributed by atoms with van der Waals surface area (Å²) in [5.74, 6) is 2.09. The fraction of sp³-hybridized carbons (Fsp3) is 0.0476. The van der Waals surface area contributed by atoms with Gasteiger partial charge in [0.1, 0.15) is 11.6 Å². The molecule has 1 heterocycles. The van der Waals surface area contributed by atoms with Crippen molar-refractivity contribution in [2.45, 2.75) is 0 Å². The Bertz CT molecular complexity index is 1100. The van der Waals surface area contributed by atoms with Crippen LogP contribution in [0.3, 0.4) is 0 Å². The van der Waals surface area contributed by atoms with Crippen molar-refractivity contribution in [1.29, 1.82) is 0 Å². The molecular weight excluding hydrogens is 381 g/mol. The number of ether oxygens (including phenoxy) is 1. The number of nitrogens with one attached hydrogen (secondary N) is 1. The van der Waals surface area contributed by atoms with Gasteiger partial charge in [-0.15, -0.1) is 0 Å². The van der Waals surface area contributed by atoms with Crippen molar-refractivity contribution in [2.75, 3.05) is 12.4 Å². The van der Waals surface area contributed by atoms with Crippen LogP contribution in [0.1, 0.15) is 0 Å². The van der Waals surface area contributed by atoms with Crippen molar-refractivity contribution < 1.29 is 4.74 Å². The molecule has 0 aliphatic rings. The van der Waals surface area contributed by atoms with Crippen LogP contribution < -0.4 is 10.1 Å². The predicted molar refractivity (Wildman–Crippen MR) is 111 cm³/mol. The van der Waals surface area contributed by atoms with E-state index in [-0.39, 0.29) is 0 Å². The first-order valence-electron chi connectivity index (χ1n) is 8.27. The summed E-state index contributed by atoms with van der Waals surface area (Å²) >= 11 is 12.2. The number of aromatic nitrogens is 2. The summed E-state index contributed by atoms with van der Waals surface area (Å²) in [7, 11) is 1.64. The van der Waals surface area contributed by atoms with Gasteiger partial charge in [-0.05, 0) is 66.7 Å². The maximum absolute atomic E-state index is 6.17. The van der Waals surface area contributed by atoms with E-state index in [1.165, 1.54) is 0 Å². The van der Waals surface area contributed by atoms with E-state index in [0.29, 0.717) is 21.7 Å². The molecule has 1 N–H and O–H groups in total. The highest BCUT2D eigenvalue weighted by Gasteiger charge is 2.11. The third kappa shape index (κ3) is 3.82. The highest BCUT2D eigenvalue weighted by molar-refractivity contribution is 6.31. The maximum Gasteiger partial charge on any atom is 0.162 e. The van der Waals surface area contributed by atoms with Crippen LogP contribution in [0, 0.1) is 0 Å². The standard InChI is InChI=1S/C21H15Cl2N3O/c1-27-17-9-7-16(8-10-17)24-21-18-11-6-15(23)12-19(18)25-20(26-21)13-2-4-14(22)5-3-13/h2-12H,1H3,(H,24,25,26). The number of hydrogen-bond acceptors (Lipinski definition) is 4. The van der Waals surface area contributed by atoms with Crippen LogP contribution in [-0.2, 0) is 0 Å². The van der Waals surface area contributed by atoms with E-state index in [2.05, 4.69) is 10.3 Å². The molecule has 27 heavy (non-hydrogen) atoms. The predicted octanol–water partition coefficient (Wildman–Crippen LogP) is 6.36. The number of anilines is 2. The molecule has 1 aromatic heterocycles. The van der Waals surface area contributed by atoms with Crippen molar-refractivity contribution in [3.63, 3.8) is 0 Å². The molecule has 134 valence electrons. The van der Waals surface area contributed by atoms with Gasteiger partial charge in [-0.2, -0.15) is 0 Å². The minimum Gasteiger partial charge on any atom is -0.497 e. The molecule has 6 heteroatoms. The molecule has 4 aromatic rings. The normalized spacial score (nSPS) is 10.8. The van der Waals surface area contributed by atoms with Gasteiger partial charge < -0.3 is 10.1 Å². The lowest BCUT2D eigenvalue weighted by Gasteiger charge is -2.12. The Morgan fingerprint density at radius 2 is 1.52 bits per heavy atom. The van der Waals surface area contributed by atoms with E-state index < -0.39 is 0 Å². The van der Waals surface area contributed by atoms with Gasteiger partial charge in [0.05, 0.1) is 12.6 Å². The largest absolute Gasteiger partial charge is 0.497 e. The van der Waals surface area contributed by atoms with Gasteiger partial charge in [-0.3, -0.25) is 0 Å². The molecule has 0 aliphatic carbocycles. The Kier molecular flexibility index (Phi) is 4.84. The summed E-state index contributed by atoms with van der Waals surface area (Å²) in [6.45, 7) is 0. The molecule has 0 atom stereocenters. The average Bonchev–Trinajstić information content (AvgIpc) is 2.68. The third-order valence-corrected chi connectivity index (χ3v) is 4.60. The van der Waals surface area contributed by atoms with Gasteiger partial charge in [0.2, 0.25) is 0 Å². The van der Waals surface area contributed by atoms with Crippen molar-refractivity contribution in [2.24, 2.45) is 0 Å². The number of halogens is 2. The maximum atomic E-state index is 6.17. The first-order valence-corrected chi connectivity index (χ1v) is 9.02. The summed E-state index contributed by atoms with van der Waals surface area (Å²) in [6.07, 6.45) is 0. The van der Waals surface area contributed by atoms with Crippen molar-refractivity contribution in [3.8, 4) is 17.1 Å². The van der Waals surface area contributed by atoms with Gasteiger partial charge in [-0.25, -0.2) is 9.97 Å². The summed E-state index contributed by atoms with van der Waals surface area (Å²) < 4.78 is 5.21. The molecule has 4 rings (SSSR count). The number of rotatable bonds is 4. The minimum absolute atomic E-state index is 0.595. The Labute approximate surface area is 166 Å². The average molecular weight is 396 g/mol. The zero-order valence-electron chi connectivity index (χ0n) is 14.4. The molecule has 0 amide bonds. The lowest BCUT2D eigenvalue weighted by Crippen LogP contribution is -1.99. The molecule has 4 nitrogen and oxygen atoms in total. The molecule has 0 unspecified atom stereocenters. The Balaban J connectivity index is 1.82. The molecular formula is C21H15Cl2N3O. The van der Waals surface area contributed by atoms with Gasteiger partial charge in [0, 0.05) is 26.7 Å². The second-order valence-corrected chi connectivity index (χ2v) is 6.79. The van der Waals surface area contributed by atoms with Gasteiger partial charge in [0.25, 0.3) is 0 Å². The molecule has 0 aliphatic heterocycles.